The summed E-state index contributed by atoms with van der Waals surface area (Å²) in [5.41, 5.74) is 8.22. The van der Waals surface area contributed by atoms with Crippen molar-refractivity contribution in [3.05, 3.63) is 65.0 Å². The molecule has 3 aromatic rings. The zero-order valence-corrected chi connectivity index (χ0v) is 13.9. The second-order valence-electron chi connectivity index (χ2n) is 5.66. The molecule has 0 fully saturated rings. The highest BCUT2D eigenvalue weighted by molar-refractivity contribution is 5.95. The number of nitrogens with two attached hydrogens (primary N) is 1. The summed E-state index contributed by atoms with van der Waals surface area (Å²) >= 11 is 0. The lowest BCUT2D eigenvalue weighted by molar-refractivity contribution is 0.0595. The lowest BCUT2D eigenvalue weighted by Crippen LogP contribution is -2.05. The van der Waals surface area contributed by atoms with Crippen LogP contribution in [0.2, 0.25) is 0 Å². The van der Waals surface area contributed by atoms with E-state index in [9.17, 15) is 9.18 Å². The van der Waals surface area contributed by atoms with Crippen molar-refractivity contribution in [3.8, 4) is 5.75 Å². The smallest absolute Gasteiger partial charge is 0.340 e. The third-order valence-electron chi connectivity index (χ3n) is 3.82. The normalized spacial score (nSPS) is 10.7. The average Bonchev–Trinajstić information content (AvgIpc) is 2.60. The average molecular weight is 340 g/mol. The third kappa shape index (κ3) is 3.52. The number of aromatic nitrogens is 1. The second-order valence-corrected chi connectivity index (χ2v) is 5.66. The maximum atomic E-state index is 14.0. The van der Waals surface area contributed by atoms with Crippen LogP contribution < -0.4 is 10.5 Å². The minimum atomic E-state index is -0.752. The number of benzene rings is 2. The first-order chi connectivity index (χ1) is 12.0. The summed E-state index contributed by atoms with van der Waals surface area (Å²) in [5, 5.41) is 0.537. The van der Waals surface area contributed by atoms with Gasteiger partial charge in [0.25, 0.3) is 0 Å². The first-order valence-electron chi connectivity index (χ1n) is 7.64. The van der Waals surface area contributed by atoms with Gasteiger partial charge in [-0.25, -0.2) is 14.2 Å². The molecule has 5 nitrogen and oxygen atoms in total. The molecule has 0 atom stereocenters. The number of anilines is 1. The fourth-order valence-corrected chi connectivity index (χ4v) is 2.42. The molecule has 0 spiro atoms. The summed E-state index contributed by atoms with van der Waals surface area (Å²) in [6.45, 7) is 2.33. The maximum Gasteiger partial charge on any atom is 0.340 e. The molecule has 1 heterocycles. The number of hydrogen-bond donors (Lipinski definition) is 1. The number of fused-ring (bicyclic) bond motifs is 1. The molecule has 0 aliphatic heterocycles. The zero-order chi connectivity index (χ0) is 18.0. The minimum Gasteiger partial charge on any atom is -0.485 e. The Morgan fingerprint density at radius 3 is 2.60 bits per heavy atom. The number of esters is 1. The minimum absolute atomic E-state index is 0.157. The van der Waals surface area contributed by atoms with E-state index >= 15 is 0 Å². The number of carbonyl (C=O) groups excluding carboxylic acids is 1. The number of ether oxygens (including phenoxy) is 2. The Morgan fingerprint density at radius 1 is 1.20 bits per heavy atom. The van der Waals surface area contributed by atoms with Crippen LogP contribution in [0.15, 0.2) is 42.5 Å². The molecule has 0 aliphatic rings. The SMILES string of the molecule is COC(=O)c1cc2cc(OCc3ccc(C)cc3)c(N)nc2cc1F. The van der Waals surface area contributed by atoms with E-state index in [2.05, 4.69) is 9.72 Å². The van der Waals surface area contributed by atoms with Crippen molar-refractivity contribution in [2.45, 2.75) is 13.5 Å². The first kappa shape index (κ1) is 16.7. The Bertz CT molecular complexity index is 940. The van der Waals surface area contributed by atoms with Gasteiger partial charge in [0.1, 0.15) is 12.4 Å². The van der Waals surface area contributed by atoms with Crippen molar-refractivity contribution in [3.63, 3.8) is 0 Å². The second kappa shape index (κ2) is 6.76. The molecule has 128 valence electrons. The highest BCUT2D eigenvalue weighted by atomic mass is 19.1. The summed E-state index contributed by atoms with van der Waals surface area (Å²) in [4.78, 5) is 15.8. The number of nitrogen functional groups attached to an aromatic ring is 1. The highest BCUT2D eigenvalue weighted by Crippen LogP contribution is 2.28. The van der Waals surface area contributed by atoms with E-state index in [-0.39, 0.29) is 11.4 Å². The third-order valence-corrected chi connectivity index (χ3v) is 3.82. The fraction of sp³-hybridized carbons (Fsp3) is 0.158. The summed E-state index contributed by atoms with van der Waals surface area (Å²) < 4.78 is 24.3. The Labute approximate surface area is 144 Å². The standard InChI is InChI=1S/C19H17FN2O3/c1-11-3-5-12(6-4-11)10-25-17-8-13-7-14(19(23)24-2)15(20)9-16(13)22-18(17)21/h3-9H,10H2,1-2H3,(H2,21,22). The number of rotatable bonds is 4. The van der Waals surface area contributed by atoms with Crippen molar-refractivity contribution < 1.29 is 18.7 Å². The Balaban J connectivity index is 1.92. The van der Waals surface area contributed by atoms with Crippen molar-refractivity contribution in [2.24, 2.45) is 0 Å². The van der Waals surface area contributed by atoms with Crippen LogP contribution in [0.1, 0.15) is 21.5 Å². The predicted octanol–water partition coefficient (Wildman–Crippen LogP) is 3.63. The molecule has 0 amide bonds. The predicted molar refractivity (Wildman–Crippen MR) is 93.0 cm³/mol. The molecule has 0 unspecified atom stereocenters. The Hall–Kier alpha value is -3.15. The molecule has 3 rings (SSSR count). The Kier molecular flexibility index (Phi) is 4.52. The number of nitrogens with zero attached hydrogens (tertiary/aromatic N) is 1. The lowest BCUT2D eigenvalue weighted by Gasteiger charge is -2.11. The van der Waals surface area contributed by atoms with E-state index in [4.69, 9.17) is 10.5 Å². The van der Waals surface area contributed by atoms with E-state index in [0.29, 0.717) is 23.3 Å². The molecular formula is C19H17FN2O3. The number of hydrogen-bond acceptors (Lipinski definition) is 5. The number of methoxy groups -OCH3 is 1. The summed E-state index contributed by atoms with van der Waals surface area (Å²) in [6.07, 6.45) is 0. The molecule has 0 saturated carbocycles. The molecule has 1 aromatic heterocycles. The molecule has 2 aromatic carbocycles. The summed E-state index contributed by atoms with van der Waals surface area (Å²) in [5.74, 6) is -0.932. The summed E-state index contributed by atoms with van der Waals surface area (Å²) in [7, 11) is 1.20. The Morgan fingerprint density at radius 2 is 1.92 bits per heavy atom. The quantitative estimate of drug-likeness (QED) is 0.734. The first-order valence-corrected chi connectivity index (χ1v) is 7.64. The highest BCUT2D eigenvalue weighted by Gasteiger charge is 2.15. The van der Waals surface area contributed by atoms with Gasteiger partial charge in [-0.15, -0.1) is 0 Å². The fourth-order valence-electron chi connectivity index (χ4n) is 2.42. The van der Waals surface area contributed by atoms with Crippen LogP contribution in [0.4, 0.5) is 10.2 Å². The molecule has 25 heavy (non-hydrogen) atoms. The van der Waals surface area contributed by atoms with Crippen LogP contribution in [0.25, 0.3) is 10.9 Å². The number of halogens is 1. The topological polar surface area (TPSA) is 74.4 Å². The molecule has 0 bridgehead atoms. The molecule has 0 saturated heterocycles. The molecule has 0 radical (unpaired) electrons. The monoisotopic (exact) mass is 340 g/mol. The van der Waals surface area contributed by atoms with Crippen molar-refractivity contribution in [1.82, 2.24) is 4.98 Å². The van der Waals surface area contributed by atoms with Gasteiger partial charge in [0.15, 0.2) is 11.6 Å². The van der Waals surface area contributed by atoms with E-state index in [1.165, 1.54) is 13.2 Å². The van der Waals surface area contributed by atoms with Gasteiger partial charge in [-0.1, -0.05) is 29.8 Å². The van der Waals surface area contributed by atoms with Crippen molar-refractivity contribution in [1.29, 1.82) is 0 Å². The van der Waals surface area contributed by atoms with Crippen LogP contribution in [0, 0.1) is 12.7 Å². The molecule has 6 heteroatoms. The van der Waals surface area contributed by atoms with Crippen molar-refractivity contribution >= 4 is 22.7 Å². The van der Waals surface area contributed by atoms with Gasteiger partial charge in [0.05, 0.1) is 18.2 Å². The largest absolute Gasteiger partial charge is 0.485 e. The van der Waals surface area contributed by atoms with Crippen LogP contribution in [0.3, 0.4) is 0 Å². The maximum absolute atomic E-state index is 14.0. The van der Waals surface area contributed by atoms with Gasteiger partial charge in [0.2, 0.25) is 0 Å². The number of carbonyl (C=O) groups is 1. The molecule has 2 N–H and O–H groups in total. The van der Waals surface area contributed by atoms with Gasteiger partial charge in [0, 0.05) is 11.5 Å². The molecular weight excluding hydrogens is 323 g/mol. The number of aryl methyl sites for hydroxylation is 1. The lowest BCUT2D eigenvalue weighted by atomic mass is 10.1. The van der Waals surface area contributed by atoms with E-state index in [0.717, 1.165) is 17.2 Å². The summed E-state index contributed by atoms with van der Waals surface area (Å²) in [6, 6.07) is 12.1. The number of pyridine rings is 1. The zero-order valence-electron chi connectivity index (χ0n) is 13.9. The van der Waals surface area contributed by atoms with E-state index in [1.54, 1.807) is 6.07 Å². The van der Waals surface area contributed by atoms with E-state index in [1.807, 2.05) is 31.2 Å². The van der Waals surface area contributed by atoms with Crippen LogP contribution in [-0.4, -0.2) is 18.1 Å². The van der Waals surface area contributed by atoms with Crippen molar-refractivity contribution in [2.75, 3.05) is 12.8 Å². The molecule has 0 aliphatic carbocycles. The van der Waals surface area contributed by atoms with Crippen LogP contribution in [0.5, 0.6) is 5.75 Å². The van der Waals surface area contributed by atoms with Gasteiger partial charge >= 0.3 is 5.97 Å². The van der Waals surface area contributed by atoms with Gasteiger partial charge in [-0.05, 0) is 24.6 Å². The van der Waals surface area contributed by atoms with Gasteiger partial charge in [-0.2, -0.15) is 0 Å². The van der Waals surface area contributed by atoms with Crippen LogP contribution in [-0.2, 0) is 11.3 Å². The van der Waals surface area contributed by atoms with Gasteiger partial charge in [-0.3, -0.25) is 0 Å². The van der Waals surface area contributed by atoms with Crippen LogP contribution >= 0.6 is 0 Å². The van der Waals surface area contributed by atoms with Gasteiger partial charge < -0.3 is 15.2 Å². The van der Waals surface area contributed by atoms with E-state index < -0.39 is 11.8 Å².